The fourth-order valence-electron chi connectivity index (χ4n) is 1.73. The molecule has 1 heterocycles. The molecule has 0 bridgehead atoms. The predicted octanol–water partition coefficient (Wildman–Crippen LogP) is 3.50. The molecule has 5 heteroatoms. The van der Waals surface area contributed by atoms with Gasteiger partial charge in [0, 0.05) is 10.5 Å². The zero-order chi connectivity index (χ0) is 13.8. The minimum absolute atomic E-state index is 0.197. The number of nitrogens with two attached hydrogens (primary N) is 1. The van der Waals surface area contributed by atoms with E-state index in [-0.39, 0.29) is 6.04 Å². The Morgan fingerprint density at radius 2 is 2.00 bits per heavy atom. The van der Waals surface area contributed by atoms with Gasteiger partial charge in [0.05, 0.1) is 6.04 Å². The molecule has 0 radical (unpaired) electrons. The Morgan fingerprint density at radius 1 is 1.32 bits per heavy atom. The maximum Gasteiger partial charge on any atom is 0.244 e. The Labute approximate surface area is 117 Å². The van der Waals surface area contributed by atoms with Crippen molar-refractivity contribution in [2.45, 2.75) is 31.2 Å². The smallest absolute Gasteiger partial charge is 0.244 e. The summed E-state index contributed by atoms with van der Waals surface area (Å²) in [6.45, 7) is 4.19. The first-order chi connectivity index (χ1) is 9.15. The van der Waals surface area contributed by atoms with Gasteiger partial charge in [-0.25, -0.2) is 0 Å². The van der Waals surface area contributed by atoms with Crippen LogP contribution in [0.2, 0.25) is 0 Å². The van der Waals surface area contributed by atoms with Crippen LogP contribution in [-0.2, 0) is 0 Å². The number of aromatic nitrogens is 2. The van der Waals surface area contributed by atoms with Crippen molar-refractivity contribution >= 4 is 11.8 Å². The van der Waals surface area contributed by atoms with E-state index in [4.69, 9.17) is 10.3 Å². The van der Waals surface area contributed by atoms with Gasteiger partial charge in [-0.3, -0.25) is 0 Å². The number of thioether (sulfide) groups is 1. The maximum absolute atomic E-state index is 6.09. The SMILES string of the molecule is CCC(C)C(N)c1nc(-c2ccc(SC)cc2)no1. The Balaban J connectivity index is 2.20. The summed E-state index contributed by atoms with van der Waals surface area (Å²) < 4.78 is 5.27. The van der Waals surface area contributed by atoms with Gasteiger partial charge >= 0.3 is 0 Å². The van der Waals surface area contributed by atoms with E-state index in [0.717, 1.165) is 12.0 Å². The summed E-state index contributed by atoms with van der Waals surface area (Å²) in [5.74, 6) is 1.44. The second-order valence-corrected chi connectivity index (χ2v) is 5.48. The number of rotatable bonds is 5. The molecule has 102 valence electrons. The first-order valence-corrected chi connectivity index (χ1v) is 7.61. The van der Waals surface area contributed by atoms with E-state index in [1.165, 1.54) is 4.90 Å². The van der Waals surface area contributed by atoms with E-state index < -0.39 is 0 Å². The molecule has 2 rings (SSSR count). The minimum atomic E-state index is -0.197. The van der Waals surface area contributed by atoms with Crippen molar-refractivity contribution in [1.29, 1.82) is 0 Å². The molecule has 0 aliphatic heterocycles. The van der Waals surface area contributed by atoms with Crippen LogP contribution < -0.4 is 5.73 Å². The van der Waals surface area contributed by atoms with E-state index in [1.807, 2.05) is 30.5 Å². The molecule has 0 fully saturated rings. The molecule has 2 aromatic rings. The van der Waals surface area contributed by atoms with Gasteiger partial charge in [-0.1, -0.05) is 25.4 Å². The van der Waals surface area contributed by atoms with Crippen LogP contribution in [0, 0.1) is 5.92 Å². The first-order valence-electron chi connectivity index (χ1n) is 6.39. The normalized spacial score (nSPS) is 14.3. The molecule has 0 aliphatic rings. The summed E-state index contributed by atoms with van der Waals surface area (Å²) in [5, 5.41) is 4.01. The summed E-state index contributed by atoms with van der Waals surface area (Å²) >= 11 is 1.71. The lowest BCUT2D eigenvalue weighted by Crippen LogP contribution is -2.18. The van der Waals surface area contributed by atoms with Crippen LogP contribution in [0.15, 0.2) is 33.7 Å². The van der Waals surface area contributed by atoms with Crippen LogP contribution in [0.4, 0.5) is 0 Å². The van der Waals surface area contributed by atoms with E-state index >= 15 is 0 Å². The molecular weight excluding hydrogens is 258 g/mol. The summed E-state index contributed by atoms with van der Waals surface area (Å²) in [7, 11) is 0. The number of hydrogen-bond donors (Lipinski definition) is 1. The Kier molecular flexibility index (Phi) is 4.61. The molecule has 0 spiro atoms. The lowest BCUT2D eigenvalue weighted by Gasteiger charge is -2.12. The van der Waals surface area contributed by atoms with Crippen molar-refractivity contribution in [3.63, 3.8) is 0 Å². The second-order valence-electron chi connectivity index (χ2n) is 4.60. The predicted molar refractivity (Wildman–Crippen MR) is 77.9 cm³/mol. The zero-order valence-electron chi connectivity index (χ0n) is 11.5. The third kappa shape index (κ3) is 3.16. The van der Waals surface area contributed by atoms with Crippen molar-refractivity contribution in [2.24, 2.45) is 11.7 Å². The van der Waals surface area contributed by atoms with Crippen molar-refractivity contribution in [2.75, 3.05) is 6.26 Å². The van der Waals surface area contributed by atoms with E-state index in [9.17, 15) is 0 Å². The average molecular weight is 277 g/mol. The van der Waals surface area contributed by atoms with E-state index in [0.29, 0.717) is 17.6 Å². The monoisotopic (exact) mass is 277 g/mol. The van der Waals surface area contributed by atoms with Gasteiger partial charge in [0.2, 0.25) is 11.7 Å². The van der Waals surface area contributed by atoms with Crippen LogP contribution in [0.25, 0.3) is 11.4 Å². The highest BCUT2D eigenvalue weighted by atomic mass is 32.2. The molecular formula is C14H19N3OS. The van der Waals surface area contributed by atoms with Gasteiger partial charge in [0.1, 0.15) is 0 Å². The van der Waals surface area contributed by atoms with Gasteiger partial charge in [0.15, 0.2) is 0 Å². The number of benzene rings is 1. The molecule has 2 atom stereocenters. The number of nitrogens with zero attached hydrogens (tertiary/aromatic N) is 2. The van der Waals surface area contributed by atoms with Gasteiger partial charge in [-0.05, 0) is 36.4 Å². The maximum atomic E-state index is 6.09. The van der Waals surface area contributed by atoms with Crippen molar-refractivity contribution in [1.82, 2.24) is 10.1 Å². The lowest BCUT2D eigenvalue weighted by molar-refractivity contribution is 0.312. The molecule has 2 N–H and O–H groups in total. The highest BCUT2D eigenvalue weighted by Crippen LogP contribution is 2.24. The van der Waals surface area contributed by atoms with Gasteiger partial charge in [0.25, 0.3) is 0 Å². The van der Waals surface area contributed by atoms with Crippen molar-refractivity contribution < 1.29 is 4.52 Å². The van der Waals surface area contributed by atoms with Crippen molar-refractivity contribution in [3.05, 3.63) is 30.2 Å². The fraction of sp³-hybridized carbons (Fsp3) is 0.429. The van der Waals surface area contributed by atoms with Crippen LogP contribution in [0.5, 0.6) is 0 Å². The third-order valence-corrected chi connectivity index (χ3v) is 4.08. The molecule has 0 saturated carbocycles. The van der Waals surface area contributed by atoms with Crippen LogP contribution >= 0.6 is 11.8 Å². The highest BCUT2D eigenvalue weighted by molar-refractivity contribution is 7.98. The molecule has 1 aromatic heterocycles. The Hall–Kier alpha value is -1.33. The molecule has 0 saturated heterocycles. The van der Waals surface area contributed by atoms with Crippen molar-refractivity contribution in [3.8, 4) is 11.4 Å². The van der Waals surface area contributed by atoms with Gasteiger partial charge < -0.3 is 10.3 Å². The van der Waals surface area contributed by atoms with Crippen LogP contribution in [0.1, 0.15) is 32.2 Å². The molecule has 0 amide bonds. The summed E-state index contributed by atoms with van der Waals surface area (Å²) in [6.07, 6.45) is 3.04. The summed E-state index contributed by atoms with van der Waals surface area (Å²) in [6, 6.07) is 7.89. The lowest BCUT2D eigenvalue weighted by atomic mass is 10.0. The van der Waals surface area contributed by atoms with Crippen LogP contribution in [-0.4, -0.2) is 16.4 Å². The standard InChI is InChI=1S/C14H19N3OS/c1-4-9(2)12(15)14-16-13(17-18-14)10-5-7-11(19-3)8-6-10/h5-9,12H,4,15H2,1-3H3. The molecule has 1 aromatic carbocycles. The first kappa shape index (κ1) is 14.1. The van der Waals surface area contributed by atoms with Gasteiger partial charge in [-0.2, -0.15) is 4.98 Å². The molecule has 19 heavy (non-hydrogen) atoms. The average Bonchev–Trinajstić information content (AvgIpc) is 2.95. The Morgan fingerprint density at radius 3 is 2.58 bits per heavy atom. The largest absolute Gasteiger partial charge is 0.337 e. The molecule has 4 nitrogen and oxygen atoms in total. The quantitative estimate of drug-likeness (QED) is 0.847. The number of hydrogen-bond acceptors (Lipinski definition) is 5. The highest BCUT2D eigenvalue weighted by Gasteiger charge is 2.20. The topological polar surface area (TPSA) is 64.9 Å². The zero-order valence-corrected chi connectivity index (χ0v) is 12.3. The van der Waals surface area contributed by atoms with E-state index in [1.54, 1.807) is 11.8 Å². The Bertz CT molecular complexity index is 524. The van der Waals surface area contributed by atoms with Gasteiger partial charge in [-0.15, -0.1) is 11.8 Å². The second kappa shape index (κ2) is 6.21. The summed E-state index contributed by atoms with van der Waals surface area (Å²) in [4.78, 5) is 5.61. The van der Waals surface area contributed by atoms with E-state index in [2.05, 4.69) is 24.0 Å². The fourth-order valence-corrected chi connectivity index (χ4v) is 2.13. The third-order valence-electron chi connectivity index (χ3n) is 3.33. The minimum Gasteiger partial charge on any atom is -0.337 e. The molecule has 2 unspecified atom stereocenters. The summed E-state index contributed by atoms with van der Waals surface area (Å²) in [5.41, 5.74) is 7.03. The van der Waals surface area contributed by atoms with Crippen LogP contribution in [0.3, 0.4) is 0 Å². The molecule has 0 aliphatic carbocycles.